The molecule has 1 atom stereocenters. The molecule has 2 aromatic carbocycles. The molecule has 0 amide bonds. The highest BCUT2D eigenvalue weighted by Gasteiger charge is 2.54. The predicted octanol–water partition coefficient (Wildman–Crippen LogP) is 4.64. The van der Waals surface area contributed by atoms with Crippen LogP contribution in [0, 0.1) is 0 Å². The Morgan fingerprint density at radius 1 is 1.06 bits per heavy atom. The van der Waals surface area contributed by atoms with E-state index in [0.717, 1.165) is 5.56 Å². The van der Waals surface area contributed by atoms with Gasteiger partial charge in [-0.2, -0.15) is 0 Å². The van der Waals surface area contributed by atoms with Crippen molar-refractivity contribution < 1.29 is 28.7 Å². The molecule has 1 fully saturated rings. The summed E-state index contributed by atoms with van der Waals surface area (Å²) in [6, 6.07) is 14.9. The molecule has 1 aliphatic rings. The number of aromatic hydroxyl groups is 1. The maximum Gasteiger partial charge on any atom is 0.466 e. The van der Waals surface area contributed by atoms with Crippen LogP contribution in [-0.2, 0) is 25.4 Å². The molecule has 2 aromatic rings. The van der Waals surface area contributed by atoms with Gasteiger partial charge in [0.2, 0.25) is 0 Å². The van der Waals surface area contributed by atoms with E-state index in [9.17, 15) is 9.90 Å². The van der Waals surface area contributed by atoms with Gasteiger partial charge in [0.1, 0.15) is 18.1 Å². The highest BCUT2D eigenvalue weighted by molar-refractivity contribution is 6.48. The molecule has 1 aliphatic heterocycles. The second kappa shape index (κ2) is 9.33. The summed E-state index contributed by atoms with van der Waals surface area (Å²) in [5, 5.41) is 10.8. The van der Waals surface area contributed by atoms with Crippen molar-refractivity contribution >= 4 is 13.1 Å². The normalized spacial score (nSPS) is 17.9. The SMILES string of the molecule is CCOC(=O)CC(B1OC(C)(C)C(C)(C)O1)c1ccc(OCc2ccccc2)cc1O. The van der Waals surface area contributed by atoms with Crippen molar-refractivity contribution in [3.63, 3.8) is 0 Å². The maximum absolute atomic E-state index is 12.3. The molecule has 0 radical (unpaired) electrons. The lowest BCUT2D eigenvalue weighted by molar-refractivity contribution is -0.143. The topological polar surface area (TPSA) is 74.2 Å². The summed E-state index contributed by atoms with van der Waals surface area (Å²) in [6.45, 7) is 10.3. The number of phenols is 1. The summed E-state index contributed by atoms with van der Waals surface area (Å²) in [7, 11) is -0.698. The Labute approximate surface area is 184 Å². The standard InChI is InChI=1S/C24H31BO6/c1-6-28-22(27)15-20(25-30-23(2,3)24(4,5)31-25)19-13-12-18(14-21(19)26)29-16-17-10-8-7-9-11-17/h7-14,20,26H,6,15-16H2,1-5H3. The number of esters is 1. The Morgan fingerprint density at radius 3 is 2.29 bits per heavy atom. The molecule has 6 nitrogen and oxygen atoms in total. The van der Waals surface area contributed by atoms with Gasteiger partial charge >= 0.3 is 13.1 Å². The monoisotopic (exact) mass is 426 g/mol. The first-order valence-corrected chi connectivity index (χ1v) is 10.6. The summed E-state index contributed by atoms with van der Waals surface area (Å²) in [5.41, 5.74) is 0.472. The molecule has 0 saturated carbocycles. The molecule has 3 rings (SSSR count). The molecule has 1 heterocycles. The van der Waals surface area contributed by atoms with E-state index in [4.69, 9.17) is 18.8 Å². The molecule has 0 aliphatic carbocycles. The van der Waals surface area contributed by atoms with Gasteiger partial charge < -0.3 is 23.9 Å². The Bertz CT molecular complexity index is 880. The largest absolute Gasteiger partial charge is 0.508 e. The highest BCUT2D eigenvalue weighted by atomic mass is 16.7. The molecule has 0 bridgehead atoms. The van der Waals surface area contributed by atoms with Crippen molar-refractivity contribution in [3.8, 4) is 11.5 Å². The van der Waals surface area contributed by atoms with E-state index in [1.165, 1.54) is 0 Å². The molecule has 0 aromatic heterocycles. The quantitative estimate of drug-likeness (QED) is 0.490. The zero-order valence-electron chi connectivity index (χ0n) is 18.9. The van der Waals surface area contributed by atoms with E-state index in [1.807, 2.05) is 58.0 Å². The lowest BCUT2D eigenvalue weighted by Crippen LogP contribution is -2.41. The third-order valence-corrected chi connectivity index (χ3v) is 5.94. The van der Waals surface area contributed by atoms with E-state index in [-0.39, 0.29) is 24.7 Å². The van der Waals surface area contributed by atoms with Crippen molar-refractivity contribution in [3.05, 3.63) is 59.7 Å². The summed E-state index contributed by atoms with van der Waals surface area (Å²) < 4.78 is 23.3. The van der Waals surface area contributed by atoms with Crippen molar-refractivity contribution in [2.45, 2.75) is 64.7 Å². The van der Waals surface area contributed by atoms with E-state index in [1.54, 1.807) is 25.1 Å². The molecule has 166 valence electrons. The number of benzene rings is 2. The minimum absolute atomic E-state index is 0.0228. The van der Waals surface area contributed by atoms with Crippen LogP contribution in [-0.4, -0.2) is 36.0 Å². The lowest BCUT2D eigenvalue weighted by Gasteiger charge is -2.32. The molecule has 1 unspecified atom stereocenters. The molecule has 31 heavy (non-hydrogen) atoms. The van der Waals surface area contributed by atoms with Gasteiger partial charge in [0.25, 0.3) is 0 Å². The first kappa shape index (κ1) is 23.2. The van der Waals surface area contributed by atoms with Gasteiger partial charge in [0.15, 0.2) is 0 Å². The molecule has 1 saturated heterocycles. The summed E-state index contributed by atoms with van der Waals surface area (Å²) in [6.07, 6.45) is 0.0302. The van der Waals surface area contributed by atoms with Crippen LogP contribution in [0.15, 0.2) is 48.5 Å². The van der Waals surface area contributed by atoms with Crippen LogP contribution < -0.4 is 4.74 Å². The molecular formula is C24H31BO6. The van der Waals surface area contributed by atoms with Crippen LogP contribution in [0.25, 0.3) is 0 Å². The molecule has 1 N–H and O–H groups in total. The van der Waals surface area contributed by atoms with Crippen LogP contribution in [0.1, 0.15) is 58.0 Å². The third-order valence-electron chi connectivity index (χ3n) is 5.94. The van der Waals surface area contributed by atoms with Gasteiger partial charge in [-0.05, 0) is 51.8 Å². The number of rotatable bonds is 8. The van der Waals surface area contributed by atoms with Crippen molar-refractivity contribution in [2.24, 2.45) is 0 Å². The smallest absolute Gasteiger partial charge is 0.466 e. The molecular weight excluding hydrogens is 395 g/mol. The Morgan fingerprint density at radius 2 is 1.71 bits per heavy atom. The Kier molecular flexibility index (Phi) is 6.97. The van der Waals surface area contributed by atoms with Crippen LogP contribution >= 0.6 is 0 Å². The first-order valence-electron chi connectivity index (χ1n) is 10.6. The fraction of sp³-hybridized carbons (Fsp3) is 0.458. The van der Waals surface area contributed by atoms with Crippen molar-refractivity contribution in [2.75, 3.05) is 6.61 Å². The van der Waals surface area contributed by atoms with Crippen molar-refractivity contribution in [1.82, 2.24) is 0 Å². The van der Waals surface area contributed by atoms with E-state index < -0.39 is 24.1 Å². The van der Waals surface area contributed by atoms with Crippen LogP contribution in [0.2, 0.25) is 0 Å². The number of ether oxygens (including phenoxy) is 2. The van der Waals surface area contributed by atoms with Crippen LogP contribution in [0.4, 0.5) is 0 Å². The zero-order valence-corrected chi connectivity index (χ0v) is 18.9. The summed E-state index contributed by atoms with van der Waals surface area (Å²) in [5.74, 6) is -0.335. The number of carbonyl (C=O) groups excluding carboxylic acids is 1. The van der Waals surface area contributed by atoms with Gasteiger partial charge in [0.05, 0.1) is 24.2 Å². The second-order valence-corrected chi connectivity index (χ2v) is 8.74. The van der Waals surface area contributed by atoms with Crippen LogP contribution in [0.5, 0.6) is 11.5 Å². The fourth-order valence-corrected chi connectivity index (χ4v) is 3.47. The minimum atomic E-state index is -0.698. The van der Waals surface area contributed by atoms with Crippen LogP contribution in [0.3, 0.4) is 0 Å². The lowest BCUT2D eigenvalue weighted by atomic mass is 9.66. The average Bonchev–Trinajstić information content (AvgIpc) is 2.93. The number of carbonyl (C=O) groups is 1. The number of hydrogen-bond donors (Lipinski definition) is 1. The van der Waals surface area contributed by atoms with Gasteiger partial charge in [-0.15, -0.1) is 0 Å². The van der Waals surface area contributed by atoms with Gasteiger partial charge in [-0.1, -0.05) is 36.4 Å². The second-order valence-electron chi connectivity index (χ2n) is 8.74. The van der Waals surface area contributed by atoms with E-state index in [0.29, 0.717) is 17.9 Å². The van der Waals surface area contributed by atoms with E-state index in [2.05, 4.69) is 0 Å². The Hall–Kier alpha value is -2.51. The summed E-state index contributed by atoms with van der Waals surface area (Å²) >= 11 is 0. The van der Waals surface area contributed by atoms with Crippen molar-refractivity contribution in [1.29, 1.82) is 0 Å². The maximum atomic E-state index is 12.3. The highest BCUT2D eigenvalue weighted by Crippen LogP contribution is 2.43. The first-order chi connectivity index (χ1) is 14.6. The third kappa shape index (κ3) is 5.41. The predicted molar refractivity (Wildman–Crippen MR) is 119 cm³/mol. The average molecular weight is 426 g/mol. The van der Waals surface area contributed by atoms with E-state index >= 15 is 0 Å². The number of hydrogen-bond acceptors (Lipinski definition) is 6. The Balaban J connectivity index is 1.82. The van der Waals surface area contributed by atoms with Gasteiger partial charge in [-0.25, -0.2) is 0 Å². The molecule has 7 heteroatoms. The molecule has 0 spiro atoms. The minimum Gasteiger partial charge on any atom is -0.508 e. The van der Waals surface area contributed by atoms with Gasteiger partial charge in [-0.3, -0.25) is 4.79 Å². The zero-order chi connectivity index (χ0) is 22.6. The summed E-state index contributed by atoms with van der Waals surface area (Å²) in [4.78, 5) is 12.3. The fourth-order valence-electron chi connectivity index (χ4n) is 3.47. The van der Waals surface area contributed by atoms with Gasteiger partial charge in [0, 0.05) is 11.9 Å². The number of phenolic OH excluding ortho intramolecular Hbond substituents is 1.